The lowest BCUT2D eigenvalue weighted by atomic mass is 10.2. The third-order valence-corrected chi connectivity index (χ3v) is 6.39. The van der Waals surface area contributed by atoms with E-state index >= 15 is 0 Å². The van der Waals surface area contributed by atoms with E-state index in [4.69, 9.17) is 4.74 Å². The number of hydrogen-bond donors (Lipinski definition) is 1. The number of sulfonamides is 1. The molecule has 34 heavy (non-hydrogen) atoms. The van der Waals surface area contributed by atoms with E-state index in [0.29, 0.717) is 23.3 Å². The number of benzene rings is 2. The van der Waals surface area contributed by atoms with Crippen LogP contribution in [-0.4, -0.2) is 36.7 Å². The van der Waals surface area contributed by atoms with Crippen LogP contribution in [0.4, 0.5) is 5.69 Å². The molecule has 0 saturated carbocycles. The summed E-state index contributed by atoms with van der Waals surface area (Å²) >= 11 is 0. The molecule has 0 saturated heterocycles. The number of nitrogens with one attached hydrogen (secondary N) is 1. The van der Waals surface area contributed by atoms with Crippen LogP contribution in [0.5, 0.6) is 0 Å². The van der Waals surface area contributed by atoms with Gasteiger partial charge in [0.1, 0.15) is 0 Å². The van der Waals surface area contributed by atoms with Crippen molar-refractivity contribution in [3.05, 3.63) is 86.7 Å². The molecule has 1 N–H and O–H groups in total. The Labute approximate surface area is 197 Å². The van der Waals surface area contributed by atoms with E-state index in [2.05, 4.69) is 9.93 Å². The Morgan fingerprint density at radius 3 is 2.44 bits per heavy atom. The highest BCUT2D eigenvalue weighted by molar-refractivity contribution is 7.89. The van der Waals surface area contributed by atoms with Crippen LogP contribution in [0.1, 0.15) is 39.8 Å². The first-order valence-electron chi connectivity index (χ1n) is 10.3. The van der Waals surface area contributed by atoms with Gasteiger partial charge in [0.15, 0.2) is 0 Å². The Balaban J connectivity index is 1.82. The number of aromatic nitrogens is 1. The number of carbonyl (C=O) groups excluding carboxylic acids is 1. The number of hydrazone groups is 1. The van der Waals surface area contributed by atoms with E-state index in [9.17, 15) is 23.3 Å². The lowest BCUT2D eigenvalue weighted by molar-refractivity contribution is -0.385. The topological polar surface area (TPSA) is 133 Å². The van der Waals surface area contributed by atoms with Gasteiger partial charge in [0.25, 0.3) is 15.7 Å². The molecule has 2 aromatic carbocycles. The number of nitro groups is 1. The number of hydrogen-bond acceptors (Lipinski definition) is 7. The lowest BCUT2D eigenvalue weighted by Gasteiger charge is -2.10. The predicted molar refractivity (Wildman–Crippen MR) is 127 cm³/mol. The largest absolute Gasteiger partial charge is 0.462 e. The van der Waals surface area contributed by atoms with Gasteiger partial charge in [-0.05, 0) is 64.1 Å². The first-order valence-corrected chi connectivity index (χ1v) is 11.8. The van der Waals surface area contributed by atoms with Crippen LogP contribution in [0, 0.1) is 30.9 Å². The van der Waals surface area contributed by atoms with Gasteiger partial charge in [-0.15, -0.1) is 0 Å². The molecule has 3 rings (SSSR count). The summed E-state index contributed by atoms with van der Waals surface area (Å²) in [6.45, 7) is 7.31. The summed E-state index contributed by atoms with van der Waals surface area (Å²) in [5, 5.41) is 15.0. The molecule has 0 spiro atoms. The molecule has 1 heterocycles. The van der Waals surface area contributed by atoms with Gasteiger partial charge in [-0.1, -0.05) is 6.07 Å². The zero-order valence-electron chi connectivity index (χ0n) is 19.1. The summed E-state index contributed by atoms with van der Waals surface area (Å²) in [6.07, 6.45) is 1.37. The number of carbonyl (C=O) groups is 1. The molecule has 0 bridgehead atoms. The summed E-state index contributed by atoms with van der Waals surface area (Å²) in [7, 11) is -4.09. The van der Waals surface area contributed by atoms with Crippen molar-refractivity contribution in [2.45, 2.75) is 32.6 Å². The van der Waals surface area contributed by atoms with Gasteiger partial charge in [0.2, 0.25) is 0 Å². The smallest absolute Gasteiger partial charge is 0.338 e. The van der Waals surface area contributed by atoms with Crippen LogP contribution >= 0.6 is 0 Å². The molecule has 0 atom stereocenters. The van der Waals surface area contributed by atoms with Gasteiger partial charge in [0.05, 0.1) is 28.2 Å². The second kappa shape index (κ2) is 9.87. The van der Waals surface area contributed by atoms with E-state index in [1.807, 2.05) is 24.5 Å². The minimum absolute atomic E-state index is 0.255. The molecule has 1 aromatic heterocycles. The average molecular weight is 485 g/mol. The molecular weight excluding hydrogens is 460 g/mol. The molecule has 0 aliphatic heterocycles. The summed E-state index contributed by atoms with van der Waals surface area (Å²) in [6, 6.07) is 12.4. The second-order valence-electron chi connectivity index (χ2n) is 7.49. The second-order valence-corrected chi connectivity index (χ2v) is 9.15. The maximum absolute atomic E-state index is 12.5. The van der Waals surface area contributed by atoms with Crippen molar-refractivity contribution in [1.29, 1.82) is 0 Å². The molecule has 0 radical (unpaired) electrons. The number of nitro benzene ring substituents is 1. The molecule has 3 aromatic rings. The first-order chi connectivity index (χ1) is 16.0. The number of rotatable bonds is 8. The molecule has 178 valence electrons. The quantitative estimate of drug-likeness (QED) is 0.224. The predicted octanol–water partition coefficient (Wildman–Crippen LogP) is 3.80. The van der Waals surface area contributed by atoms with Crippen LogP contribution in [0.25, 0.3) is 5.69 Å². The van der Waals surface area contributed by atoms with Crippen molar-refractivity contribution < 1.29 is 22.9 Å². The van der Waals surface area contributed by atoms with Crippen molar-refractivity contribution in [2.75, 3.05) is 6.61 Å². The Morgan fingerprint density at radius 2 is 1.82 bits per heavy atom. The van der Waals surface area contributed by atoms with Gasteiger partial charge >= 0.3 is 5.97 Å². The van der Waals surface area contributed by atoms with E-state index in [-0.39, 0.29) is 10.6 Å². The fraction of sp³-hybridized carbons (Fsp3) is 0.217. The number of aryl methyl sites for hydroxylation is 2. The molecule has 11 heteroatoms. The Kier molecular flexibility index (Phi) is 7.16. The molecule has 0 amide bonds. The van der Waals surface area contributed by atoms with E-state index in [1.165, 1.54) is 25.3 Å². The third-order valence-electron chi connectivity index (χ3n) is 5.17. The normalized spacial score (nSPS) is 11.5. The van der Waals surface area contributed by atoms with Gasteiger partial charge in [-0.3, -0.25) is 10.1 Å². The van der Waals surface area contributed by atoms with Gasteiger partial charge < -0.3 is 9.30 Å². The summed E-state index contributed by atoms with van der Waals surface area (Å²) in [5.74, 6) is -0.394. The van der Waals surface area contributed by atoms with Crippen LogP contribution in [0.15, 0.2) is 58.5 Å². The molecular formula is C23H24N4O6S. The van der Waals surface area contributed by atoms with Crippen molar-refractivity contribution in [1.82, 2.24) is 9.40 Å². The zero-order valence-corrected chi connectivity index (χ0v) is 19.9. The molecule has 0 aliphatic rings. The van der Waals surface area contributed by atoms with E-state index < -0.39 is 20.9 Å². The first kappa shape index (κ1) is 24.6. The standard InChI is InChI=1S/C23H24N4O6S/c1-5-33-23(28)18-7-9-20(10-8-18)26-16(3)12-19(17(26)4)14-24-25-34(31,32)21-11-6-15(2)22(13-21)27(29)30/h6-14,25H,5H2,1-4H3/b24-14+. The van der Waals surface area contributed by atoms with Crippen molar-refractivity contribution >= 4 is 27.9 Å². The average Bonchev–Trinajstić information content (AvgIpc) is 3.06. The fourth-order valence-corrected chi connectivity index (χ4v) is 4.26. The molecule has 0 fully saturated rings. The number of esters is 1. The van der Waals surface area contributed by atoms with Crippen LogP contribution in [0.3, 0.4) is 0 Å². The minimum atomic E-state index is -4.09. The van der Waals surface area contributed by atoms with E-state index in [0.717, 1.165) is 23.1 Å². The fourth-order valence-electron chi connectivity index (χ4n) is 3.45. The van der Waals surface area contributed by atoms with Gasteiger partial charge in [-0.2, -0.15) is 13.5 Å². The lowest BCUT2D eigenvalue weighted by Crippen LogP contribution is -2.18. The maximum Gasteiger partial charge on any atom is 0.338 e. The van der Waals surface area contributed by atoms with E-state index in [1.54, 1.807) is 31.2 Å². The maximum atomic E-state index is 12.5. The summed E-state index contributed by atoms with van der Waals surface area (Å²) in [4.78, 5) is 24.2. The zero-order chi connectivity index (χ0) is 25.0. The van der Waals surface area contributed by atoms with Crippen LogP contribution in [0.2, 0.25) is 0 Å². The highest BCUT2D eigenvalue weighted by Gasteiger charge is 2.19. The monoisotopic (exact) mass is 484 g/mol. The highest BCUT2D eigenvalue weighted by atomic mass is 32.2. The van der Waals surface area contributed by atoms with Crippen molar-refractivity contribution in [3.63, 3.8) is 0 Å². The Hall–Kier alpha value is -3.99. The Morgan fingerprint density at radius 1 is 1.15 bits per heavy atom. The highest BCUT2D eigenvalue weighted by Crippen LogP contribution is 2.23. The van der Waals surface area contributed by atoms with Crippen molar-refractivity contribution in [3.8, 4) is 5.69 Å². The van der Waals surface area contributed by atoms with Crippen molar-refractivity contribution in [2.24, 2.45) is 5.10 Å². The Bertz CT molecular complexity index is 1380. The number of ether oxygens (including phenoxy) is 1. The summed E-state index contributed by atoms with van der Waals surface area (Å²) < 4.78 is 32.0. The summed E-state index contributed by atoms with van der Waals surface area (Å²) in [5.41, 5.74) is 3.68. The minimum Gasteiger partial charge on any atom is -0.462 e. The number of nitrogens with zero attached hydrogens (tertiary/aromatic N) is 3. The SMILES string of the molecule is CCOC(=O)c1ccc(-n2c(C)cc(/C=N/NS(=O)(=O)c3ccc(C)c([N+](=O)[O-])c3)c2C)cc1. The van der Waals surface area contributed by atoms with Gasteiger partial charge in [0, 0.05) is 34.3 Å². The molecule has 0 aliphatic carbocycles. The van der Waals surface area contributed by atoms with Crippen LogP contribution < -0.4 is 4.83 Å². The molecule has 10 nitrogen and oxygen atoms in total. The third kappa shape index (κ3) is 5.15. The molecule has 0 unspecified atom stereocenters. The van der Waals surface area contributed by atoms with Gasteiger partial charge in [-0.25, -0.2) is 9.63 Å². The van der Waals surface area contributed by atoms with Crippen LogP contribution in [-0.2, 0) is 14.8 Å².